The quantitative estimate of drug-likeness (QED) is 0.574. The Bertz CT molecular complexity index is 359. The molecule has 0 aromatic rings. The van der Waals surface area contributed by atoms with Crippen LogP contribution in [0.4, 0.5) is 9.59 Å². The number of hydrogen-bond acceptors (Lipinski definition) is 3. The number of carbonyl (C=O) groups is 2. The zero-order valence-electron chi connectivity index (χ0n) is 12.7. The number of thioether (sulfide) groups is 1. The first-order valence-electron chi connectivity index (χ1n) is 6.07. The highest BCUT2D eigenvalue weighted by Crippen LogP contribution is 2.11. The van der Waals surface area contributed by atoms with E-state index in [0.717, 1.165) is 0 Å². The van der Waals surface area contributed by atoms with Crippen LogP contribution in [0, 0.1) is 0 Å². The molecule has 0 saturated heterocycles. The van der Waals surface area contributed by atoms with Crippen LogP contribution in [0.5, 0.6) is 0 Å². The number of carbonyl (C=O) groups excluding carboxylic acids is 2. The first-order chi connectivity index (χ1) is 8.51. The van der Waals surface area contributed by atoms with E-state index in [1.807, 2.05) is 34.6 Å². The lowest BCUT2D eigenvalue weighted by molar-refractivity contribution is 0.227. The van der Waals surface area contributed by atoms with Crippen LogP contribution in [-0.2, 0) is 0 Å². The van der Waals surface area contributed by atoms with Crippen LogP contribution < -0.4 is 10.6 Å². The Balaban J connectivity index is 4.78. The fourth-order valence-corrected chi connectivity index (χ4v) is 1.69. The number of urea groups is 2. The molecule has 0 spiro atoms. The summed E-state index contributed by atoms with van der Waals surface area (Å²) < 4.78 is 0. The zero-order chi connectivity index (χ0) is 15.2. The van der Waals surface area contributed by atoms with E-state index >= 15 is 0 Å². The molecule has 2 N–H and O–H groups in total. The van der Waals surface area contributed by atoms with Gasteiger partial charge in [-0.1, -0.05) is 25.6 Å². The van der Waals surface area contributed by atoms with Crippen LogP contribution in [0.15, 0.2) is 4.99 Å². The molecule has 0 atom stereocenters. The molecule has 0 aliphatic rings. The third kappa shape index (κ3) is 9.35. The summed E-state index contributed by atoms with van der Waals surface area (Å²) in [4.78, 5) is 28.5. The molecule has 0 aromatic heterocycles. The van der Waals surface area contributed by atoms with Gasteiger partial charge in [-0.25, -0.2) is 9.59 Å². The van der Waals surface area contributed by atoms with Crippen molar-refractivity contribution in [1.29, 1.82) is 0 Å². The normalized spacial score (nSPS) is 12.3. The highest BCUT2D eigenvalue weighted by atomic mass is 32.2. The lowest BCUT2D eigenvalue weighted by Crippen LogP contribution is -2.48. The molecule has 0 radical (unpaired) electrons. The maximum Gasteiger partial charge on any atom is 0.345 e. The Hall–Kier alpha value is -1.24. The number of amides is 4. The van der Waals surface area contributed by atoms with Crippen molar-refractivity contribution >= 4 is 29.0 Å². The van der Waals surface area contributed by atoms with Gasteiger partial charge in [0.2, 0.25) is 0 Å². The van der Waals surface area contributed by atoms with Crippen LogP contribution in [0.3, 0.4) is 0 Å². The van der Waals surface area contributed by atoms with Crippen molar-refractivity contribution in [2.24, 2.45) is 4.99 Å². The van der Waals surface area contributed by atoms with Crippen LogP contribution in [0.2, 0.25) is 0 Å². The maximum atomic E-state index is 11.8. The van der Waals surface area contributed by atoms with Gasteiger partial charge in [0, 0.05) is 24.9 Å². The lowest BCUT2D eigenvalue weighted by Gasteiger charge is -2.21. The number of aliphatic imine (C=N–C) groups is 1. The van der Waals surface area contributed by atoms with Crippen molar-refractivity contribution in [1.82, 2.24) is 15.5 Å². The second kappa shape index (κ2) is 7.37. The summed E-state index contributed by atoms with van der Waals surface area (Å²) >= 11 is 1.33. The predicted octanol–water partition coefficient (Wildman–Crippen LogP) is 2.26. The number of nitrogens with zero attached hydrogens (tertiary/aromatic N) is 2. The summed E-state index contributed by atoms with van der Waals surface area (Å²) in [5.74, 6) is 0. The average Bonchev–Trinajstić information content (AvgIpc) is 2.12. The Morgan fingerprint density at radius 1 is 1.21 bits per heavy atom. The third-order valence-corrected chi connectivity index (χ3v) is 2.52. The molecule has 0 bridgehead atoms. The molecule has 6 nitrogen and oxygen atoms in total. The van der Waals surface area contributed by atoms with Crippen LogP contribution in [0.25, 0.3) is 0 Å². The molecule has 0 aromatic carbocycles. The summed E-state index contributed by atoms with van der Waals surface area (Å²) in [7, 11) is 3.22. The van der Waals surface area contributed by atoms with E-state index in [1.165, 1.54) is 16.7 Å². The van der Waals surface area contributed by atoms with Crippen LogP contribution >= 0.6 is 11.8 Å². The third-order valence-electron chi connectivity index (χ3n) is 1.64. The molecule has 0 aliphatic heterocycles. The highest BCUT2D eigenvalue weighted by Gasteiger charge is 2.16. The predicted molar refractivity (Wildman–Crippen MR) is 80.7 cm³/mol. The van der Waals surface area contributed by atoms with Gasteiger partial charge in [0.05, 0.1) is 0 Å². The minimum atomic E-state index is -0.404. The van der Waals surface area contributed by atoms with E-state index in [-0.39, 0.29) is 16.8 Å². The van der Waals surface area contributed by atoms with Gasteiger partial charge in [-0.2, -0.15) is 4.99 Å². The van der Waals surface area contributed by atoms with Crippen molar-refractivity contribution in [3.8, 4) is 0 Å². The molecule has 0 saturated carbocycles. The Morgan fingerprint density at radius 3 is 2.11 bits per heavy atom. The lowest BCUT2D eigenvalue weighted by atomic mass is 10.1. The molecule has 0 unspecified atom stereocenters. The topological polar surface area (TPSA) is 73.8 Å². The number of nitrogens with one attached hydrogen (secondary N) is 2. The molecule has 4 amide bonds. The van der Waals surface area contributed by atoms with E-state index in [1.54, 1.807) is 14.1 Å². The van der Waals surface area contributed by atoms with Gasteiger partial charge in [0.1, 0.15) is 0 Å². The average molecular weight is 288 g/mol. The molecule has 19 heavy (non-hydrogen) atoms. The number of rotatable bonds is 1. The molecule has 0 aliphatic carbocycles. The SMILES string of the molecule is CC(C)SC(=NC(=O)N(C)C)NC(=O)NC(C)(C)C. The Kier molecular flexibility index (Phi) is 6.89. The van der Waals surface area contributed by atoms with Crippen molar-refractivity contribution in [3.05, 3.63) is 0 Å². The van der Waals surface area contributed by atoms with E-state index in [4.69, 9.17) is 0 Å². The van der Waals surface area contributed by atoms with Gasteiger partial charge in [0.15, 0.2) is 5.17 Å². The first kappa shape index (κ1) is 17.8. The molecule has 7 heteroatoms. The minimum absolute atomic E-state index is 0.212. The Morgan fingerprint density at radius 2 is 1.74 bits per heavy atom. The van der Waals surface area contributed by atoms with Gasteiger partial charge in [0.25, 0.3) is 0 Å². The van der Waals surface area contributed by atoms with Gasteiger partial charge in [-0.3, -0.25) is 5.32 Å². The standard InChI is InChI=1S/C12H24N4O2S/c1-8(2)19-10(14-11(18)16(6)7)13-9(17)15-12(3,4)5/h8H,1-7H3,(H2,13,14,15,17,18). The summed E-state index contributed by atoms with van der Waals surface area (Å²) in [6, 6.07) is -0.773. The van der Waals surface area contributed by atoms with Crippen molar-refractivity contribution in [2.45, 2.75) is 45.4 Å². The number of amidine groups is 1. The molecule has 110 valence electrons. The van der Waals surface area contributed by atoms with E-state index in [9.17, 15) is 9.59 Å². The summed E-state index contributed by atoms with van der Waals surface area (Å²) in [6.45, 7) is 9.56. The molecule has 0 heterocycles. The van der Waals surface area contributed by atoms with Crippen LogP contribution in [-0.4, -0.2) is 47.0 Å². The van der Waals surface area contributed by atoms with Gasteiger partial charge in [-0.05, 0) is 20.8 Å². The summed E-state index contributed by atoms with van der Waals surface area (Å²) in [5.41, 5.74) is -0.344. The second-order valence-electron chi connectivity index (χ2n) is 5.59. The van der Waals surface area contributed by atoms with Crippen molar-refractivity contribution in [3.63, 3.8) is 0 Å². The number of hydrogen-bond donors (Lipinski definition) is 2. The fourth-order valence-electron chi connectivity index (χ4n) is 0.963. The largest absolute Gasteiger partial charge is 0.345 e. The van der Waals surface area contributed by atoms with E-state index < -0.39 is 6.03 Å². The summed E-state index contributed by atoms with van der Waals surface area (Å²) in [6.07, 6.45) is 0. The second-order valence-corrected chi connectivity index (χ2v) is 7.15. The summed E-state index contributed by atoms with van der Waals surface area (Å²) in [5, 5.41) is 5.88. The fraction of sp³-hybridized carbons (Fsp3) is 0.750. The maximum absolute atomic E-state index is 11.8. The van der Waals surface area contributed by atoms with Gasteiger partial charge < -0.3 is 10.2 Å². The first-order valence-corrected chi connectivity index (χ1v) is 6.95. The van der Waals surface area contributed by atoms with Crippen molar-refractivity contribution in [2.75, 3.05) is 14.1 Å². The molecule has 0 fully saturated rings. The minimum Gasteiger partial charge on any atom is -0.333 e. The van der Waals surface area contributed by atoms with Gasteiger partial charge in [-0.15, -0.1) is 0 Å². The molecular weight excluding hydrogens is 264 g/mol. The Labute approximate surface area is 119 Å². The van der Waals surface area contributed by atoms with Gasteiger partial charge >= 0.3 is 12.1 Å². The van der Waals surface area contributed by atoms with E-state index in [0.29, 0.717) is 5.17 Å². The molecular formula is C12H24N4O2S. The molecule has 0 rings (SSSR count). The van der Waals surface area contributed by atoms with E-state index in [2.05, 4.69) is 15.6 Å². The van der Waals surface area contributed by atoms with Crippen LogP contribution in [0.1, 0.15) is 34.6 Å². The highest BCUT2D eigenvalue weighted by molar-refractivity contribution is 8.14. The van der Waals surface area contributed by atoms with Crippen molar-refractivity contribution < 1.29 is 9.59 Å². The monoisotopic (exact) mass is 288 g/mol. The zero-order valence-corrected chi connectivity index (χ0v) is 13.5. The smallest absolute Gasteiger partial charge is 0.333 e.